The van der Waals surface area contributed by atoms with Crippen molar-refractivity contribution in [1.29, 1.82) is 0 Å². The molecule has 11 nitrogen and oxygen atoms in total. The topological polar surface area (TPSA) is 169 Å². The highest BCUT2D eigenvalue weighted by atomic mass is 31.2. The number of carbonyl (C=O) groups is 2. The molecule has 0 bridgehead atoms. The maximum absolute atomic E-state index is 12.6. The smallest absolute Gasteiger partial charge is 0.462 e. The van der Waals surface area contributed by atoms with Crippen LogP contribution in [0.3, 0.4) is 0 Å². The first-order valence-electron chi connectivity index (χ1n) is 21.4. The fourth-order valence-electron chi connectivity index (χ4n) is 5.44. The maximum atomic E-state index is 12.6. The Balaban J connectivity index is 4.40. The minimum Gasteiger partial charge on any atom is -0.462 e. The summed E-state index contributed by atoms with van der Waals surface area (Å²) < 4.78 is 32.6. The molecule has 0 aliphatic heterocycles. The Bertz CT molecular complexity index is 1130. The predicted molar refractivity (Wildman–Crippen MR) is 225 cm³/mol. The van der Waals surface area contributed by atoms with E-state index >= 15 is 0 Å². The van der Waals surface area contributed by atoms with Gasteiger partial charge < -0.3 is 29.7 Å². The SMILES string of the molecule is CC/C=C/C/C=C/C=C/C(O)CCCCCCCC(=O)O[C@H](COC(=O)CCCCCCCCC/C=C\C/C=C\CCCCC)COP(=O)(O)OC[C@@H](O)CO. The van der Waals surface area contributed by atoms with Crippen molar-refractivity contribution in [3.05, 3.63) is 60.8 Å². The summed E-state index contributed by atoms with van der Waals surface area (Å²) in [6, 6.07) is 0. The second-order valence-electron chi connectivity index (χ2n) is 14.2. The summed E-state index contributed by atoms with van der Waals surface area (Å²) in [5.74, 6) is -1.01. The Morgan fingerprint density at radius 1 is 0.625 bits per heavy atom. The van der Waals surface area contributed by atoms with Crippen molar-refractivity contribution in [3.8, 4) is 0 Å². The Hall–Kier alpha value is -2.37. The average Bonchev–Trinajstić information content (AvgIpc) is 3.18. The van der Waals surface area contributed by atoms with Gasteiger partial charge in [-0.3, -0.25) is 18.6 Å². The van der Waals surface area contributed by atoms with Crippen LogP contribution in [0.15, 0.2) is 60.8 Å². The number of allylic oxidation sites excluding steroid dienone is 9. The Labute approximate surface area is 338 Å². The highest BCUT2D eigenvalue weighted by molar-refractivity contribution is 7.47. The quantitative estimate of drug-likeness (QED) is 0.0153. The van der Waals surface area contributed by atoms with E-state index in [0.29, 0.717) is 19.3 Å². The lowest BCUT2D eigenvalue weighted by atomic mass is 10.1. The van der Waals surface area contributed by atoms with E-state index in [1.807, 2.05) is 18.2 Å². The molecule has 0 aromatic rings. The molecule has 0 saturated heterocycles. The lowest BCUT2D eigenvalue weighted by Gasteiger charge is -2.20. The standard InChI is InChI=1S/C44H77O11P/c1-3-5-7-9-11-12-13-14-15-16-17-18-19-20-22-26-30-34-43(48)52-38-42(39-54-56(50,51)53-37-41(47)36-45)55-44(49)35-31-27-23-25-29-33-40(46)32-28-24-21-10-8-6-4-2/h6,8,11-12,14-15,21,24,28,32,40-42,45-47H,3-5,7,9-10,13,16-20,22-23,25-27,29-31,33-39H2,1-2H3,(H,50,51)/b8-6+,12-11-,15-14-,24-21+,32-28+/t40?,41-,42+/m0/s1. The van der Waals surface area contributed by atoms with Crippen LogP contribution in [-0.2, 0) is 32.7 Å². The first-order valence-corrected chi connectivity index (χ1v) is 22.8. The second kappa shape index (κ2) is 39.5. The van der Waals surface area contributed by atoms with Crippen molar-refractivity contribution in [2.45, 2.75) is 180 Å². The van der Waals surface area contributed by atoms with Crippen LogP contribution in [0.2, 0.25) is 0 Å². The third kappa shape index (κ3) is 38.5. The molecule has 0 aliphatic carbocycles. The van der Waals surface area contributed by atoms with E-state index in [4.69, 9.17) is 19.1 Å². The second-order valence-corrected chi connectivity index (χ2v) is 15.6. The summed E-state index contributed by atoms with van der Waals surface area (Å²) in [5, 5.41) is 28.4. The number of unbranched alkanes of at least 4 members (excludes halogenated alkanes) is 14. The van der Waals surface area contributed by atoms with Gasteiger partial charge >= 0.3 is 19.8 Å². The summed E-state index contributed by atoms with van der Waals surface area (Å²) in [6.45, 7) is 2.09. The van der Waals surface area contributed by atoms with Crippen LogP contribution in [0, 0.1) is 0 Å². The zero-order chi connectivity index (χ0) is 41.4. The monoisotopic (exact) mass is 813 g/mol. The molecule has 0 amide bonds. The van der Waals surface area contributed by atoms with E-state index in [9.17, 15) is 29.3 Å². The normalized spacial score (nSPS) is 15.0. The van der Waals surface area contributed by atoms with Crippen LogP contribution in [0.1, 0.15) is 162 Å². The largest absolute Gasteiger partial charge is 0.472 e. The minimum absolute atomic E-state index is 0.110. The Morgan fingerprint density at radius 3 is 1.82 bits per heavy atom. The highest BCUT2D eigenvalue weighted by Gasteiger charge is 2.27. The van der Waals surface area contributed by atoms with Gasteiger partial charge in [0.05, 0.1) is 25.9 Å². The molecular formula is C44H77O11P. The zero-order valence-electron chi connectivity index (χ0n) is 34.7. The van der Waals surface area contributed by atoms with Gasteiger partial charge in [-0.1, -0.05) is 145 Å². The van der Waals surface area contributed by atoms with Crippen LogP contribution in [0.5, 0.6) is 0 Å². The Kier molecular flexibility index (Phi) is 37.8. The first kappa shape index (κ1) is 53.6. The molecule has 2 unspecified atom stereocenters. The van der Waals surface area contributed by atoms with Gasteiger partial charge in [-0.05, 0) is 64.2 Å². The third-order valence-corrected chi connectivity index (χ3v) is 9.71. The molecule has 0 spiro atoms. The molecule has 12 heteroatoms. The van der Waals surface area contributed by atoms with Crippen molar-refractivity contribution >= 4 is 19.8 Å². The number of phosphoric ester groups is 1. The maximum Gasteiger partial charge on any atom is 0.472 e. The van der Waals surface area contributed by atoms with E-state index < -0.39 is 57.9 Å². The molecule has 56 heavy (non-hydrogen) atoms. The molecule has 0 radical (unpaired) electrons. The van der Waals surface area contributed by atoms with Gasteiger partial charge in [-0.2, -0.15) is 0 Å². The van der Waals surface area contributed by atoms with Gasteiger partial charge in [-0.25, -0.2) is 4.57 Å². The molecule has 324 valence electrons. The highest BCUT2D eigenvalue weighted by Crippen LogP contribution is 2.43. The fourth-order valence-corrected chi connectivity index (χ4v) is 6.23. The molecular weight excluding hydrogens is 735 g/mol. The summed E-state index contributed by atoms with van der Waals surface area (Å²) >= 11 is 0. The van der Waals surface area contributed by atoms with Crippen LogP contribution in [-0.4, -0.2) is 76.9 Å². The number of carbonyl (C=O) groups excluding carboxylic acids is 2. The van der Waals surface area contributed by atoms with Crippen LogP contribution >= 0.6 is 7.82 Å². The van der Waals surface area contributed by atoms with Crippen molar-refractivity contribution < 1.29 is 52.9 Å². The van der Waals surface area contributed by atoms with E-state index in [1.165, 1.54) is 38.5 Å². The summed E-state index contributed by atoms with van der Waals surface area (Å²) in [7, 11) is -4.65. The lowest BCUT2D eigenvalue weighted by molar-refractivity contribution is -0.161. The minimum atomic E-state index is -4.65. The summed E-state index contributed by atoms with van der Waals surface area (Å²) in [4.78, 5) is 35.0. The van der Waals surface area contributed by atoms with E-state index in [-0.39, 0.29) is 19.4 Å². The molecule has 0 aromatic heterocycles. The van der Waals surface area contributed by atoms with E-state index in [2.05, 4.69) is 54.8 Å². The molecule has 0 rings (SSSR count). The number of esters is 2. The number of ether oxygens (including phenoxy) is 2. The van der Waals surface area contributed by atoms with Crippen LogP contribution < -0.4 is 0 Å². The van der Waals surface area contributed by atoms with Crippen molar-refractivity contribution in [1.82, 2.24) is 0 Å². The molecule has 4 atom stereocenters. The van der Waals surface area contributed by atoms with Crippen molar-refractivity contribution in [3.63, 3.8) is 0 Å². The van der Waals surface area contributed by atoms with Gasteiger partial charge in [-0.15, -0.1) is 0 Å². The molecule has 0 heterocycles. The number of hydrogen-bond acceptors (Lipinski definition) is 10. The third-order valence-electron chi connectivity index (χ3n) is 8.76. The first-order chi connectivity index (χ1) is 27.1. The van der Waals surface area contributed by atoms with E-state index in [0.717, 1.165) is 77.0 Å². The van der Waals surface area contributed by atoms with Gasteiger partial charge in [0.25, 0.3) is 0 Å². The number of aliphatic hydroxyl groups is 3. The van der Waals surface area contributed by atoms with Gasteiger partial charge in [0, 0.05) is 12.8 Å². The lowest BCUT2D eigenvalue weighted by Crippen LogP contribution is -2.29. The summed E-state index contributed by atoms with van der Waals surface area (Å²) in [6.07, 6.45) is 39.2. The Morgan fingerprint density at radius 2 is 1.18 bits per heavy atom. The molecule has 0 aromatic carbocycles. The van der Waals surface area contributed by atoms with E-state index in [1.54, 1.807) is 6.08 Å². The van der Waals surface area contributed by atoms with Gasteiger partial charge in [0.2, 0.25) is 0 Å². The number of phosphoric acid groups is 1. The van der Waals surface area contributed by atoms with Crippen molar-refractivity contribution in [2.75, 3.05) is 26.4 Å². The molecule has 0 fully saturated rings. The summed E-state index contributed by atoms with van der Waals surface area (Å²) in [5.41, 5.74) is 0. The van der Waals surface area contributed by atoms with Gasteiger partial charge in [0.15, 0.2) is 6.10 Å². The predicted octanol–water partition coefficient (Wildman–Crippen LogP) is 10.1. The fraction of sp³-hybridized carbons (Fsp3) is 0.727. The van der Waals surface area contributed by atoms with Crippen LogP contribution in [0.4, 0.5) is 0 Å². The molecule has 0 aliphatic rings. The zero-order valence-corrected chi connectivity index (χ0v) is 35.6. The number of hydrogen-bond donors (Lipinski definition) is 4. The number of rotatable bonds is 39. The van der Waals surface area contributed by atoms with Gasteiger partial charge in [0.1, 0.15) is 12.7 Å². The molecule has 0 saturated carbocycles. The van der Waals surface area contributed by atoms with Crippen molar-refractivity contribution in [2.24, 2.45) is 0 Å². The number of aliphatic hydroxyl groups excluding tert-OH is 3. The average molecular weight is 813 g/mol. The molecule has 4 N–H and O–H groups in total. The van der Waals surface area contributed by atoms with Crippen LogP contribution in [0.25, 0.3) is 0 Å².